The highest BCUT2D eigenvalue weighted by molar-refractivity contribution is 8.00. The van der Waals surface area contributed by atoms with Gasteiger partial charge >= 0.3 is 11.9 Å². The van der Waals surface area contributed by atoms with E-state index < -0.39 is 40.2 Å². The van der Waals surface area contributed by atoms with Crippen molar-refractivity contribution in [1.82, 2.24) is 0 Å². The lowest BCUT2D eigenvalue weighted by molar-refractivity contribution is -0.156. The Balaban J connectivity index is 1.89. The SMILES string of the molecule is CCOC(=O)[C@@]1(N)[C@H]2[C@@H](C[C@H]1Sc1ccc(Cl)c(Cl)c1)[C@]2(F)C(=O)OCC. The van der Waals surface area contributed by atoms with Gasteiger partial charge in [-0.1, -0.05) is 23.2 Å². The molecule has 0 unspecified atom stereocenters. The molecule has 0 saturated heterocycles. The molecular weight excluding hydrogens is 416 g/mol. The number of halogens is 3. The predicted octanol–water partition coefficient (Wildman–Crippen LogP) is 3.64. The van der Waals surface area contributed by atoms with Crippen LogP contribution in [0, 0.1) is 11.8 Å². The van der Waals surface area contributed by atoms with Gasteiger partial charge in [0.1, 0.15) is 5.54 Å². The van der Waals surface area contributed by atoms with Gasteiger partial charge in [0, 0.05) is 22.0 Å². The van der Waals surface area contributed by atoms with E-state index in [1.807, 2.05) is 0 Å². The Labute approximate surface area is 171 Å². The molecule has 0 aliphatic heterocycles. The number of carbonyl (C=O) groups excluding carboxylic acids is 2. The molecule has 9 heteroatoms. The molecule has 27 heavy (non-hydrogen) atoms. The van der Waals surface area contributed by atoms with Crippen molar-refractivity contribution in [2.75, 3.05) is 13.2 Å². The Morgan fingerprint density at radius 2 is 1.85 bits per heavy atom. The Morgan fingerprint density at radius 3 is 2.44 bits per heavy atom. The summed E-state index contributed by atoms with van der Waals surface area (Å²) in [5, 5.41) is 0.307. The van der Waals surface area contributed by atoms with Gasteiger partial charge in [0.15, 0.2) is 0 Å². The van der Waals surface area contributed by atoms with Gasteiger partial charge in [-0.05, 0) is 38.5 Å². The summed E-state index contributed by atoms with van der Waals surface area (Å²) in [7, 11) is 0. The highest BCUT2D eigenvalue weighted by Crippen LogP contribution is 2.69. The minimum atomic E-state index is -2.24. The molecule has 0 spiro atoms. The molecule has 3 rings (SSSR count). The first-order valence-electron chi connectivity index (χ1n) is 8.65. The Morgan fingerprint density at radius 1 is 1.22 bits per heavy atom. The van der Waals surface area contributed by atoms with E-state index in [-0.39, 0.29) is 19.6 Å². The summed E-state index contributed by atoms with van der Waals surface area (Å²) in [6.45, 7) is 3.42. The molecule has 148 valence electrons. The topological polar surface area (TPSA) is 78.6 Å². The highest BCUT2D eigenvalue weighted by Gasteiger charge is 2.85. The largest absolute Gasteiger partial charge is 0.465 e. The van der Waals surface area contributed by atoms with Gasteiger partial charge in [0.2, 0.25) is 5.67 Å². The molecule has 2 aliphatic rings. The molecule has 0 heterocycles. The number of thioether (sulfide) groups is 1. The van der Waals surface area contributed by atoms with Gasteiger partial charge in [-0.3, -0.25) is 0 Å². The number of ether oxygens (including phenoxy) is 2. The van der Waals surface area contributed by atoms with Crippen molar-refractivity contribution in [3.8, 4) is 0 Å². The molecule has 2 fully saturated rings. The number of hydrogen-bond acceptors (Lipinski definition) is 6. The van der Waals surface area contributed by atoms with Gasteiger partial charge in [0.25, 0.3) is 0 Å². The maximum absolute atomic E-state index is 15.3. The summed E-state index contributed by atoms with van der Waals surface area (Å²) < 4.78 is 25.3. The molecule has 0 radical (unpaired) electrons. The standard InChI is InChI=1S/C18H20Cl2FNO4S/c1-3-25-15(23)17(21)10-8-13(18(22,14(10)17)16(24)26-4-2)27-9-5-6-11(19)12(20)7-9/h5-7,10,13-14H,3-4,8,22H2,1-2H3/t10-,13-,14+,17-,18+/m1/s1. The molecule has 2 N–H and O–H groups in total. The van der Waals surface area contributed by atoms with Crippen molar-refractivity contribution in [3.63, 3.8) is 0 Å². The first-order valence-corrected chi connectivity index (χ1v) is 10.3. The lowest BCUT2D eigenvalue weighted by Gasteiger charge is -2.33. The maximum atomic E-state index is 15.3. The van der Waals surface area contributed by atoms with Crippen LogP contribution in [-0.2, 0) is 19.1 Å². The number of fused-ring (bicyclic) bond motifs is 1. The number of alkyl halides is 1. The van der Waals surface area contributed by atoms with Crippen LogP contribution < -0.4 is 5.73 Å². The number of rotatable bonds is 6. The lowest BCUT2D eigenvalue weighted by Crippen LogP contribution is -2.59. The van der Waals surface area contributed by atoms with Crippen molar-refractivity contribution in [1.29, 1.82) is 0 Å². The molecule has 5 nitrogen and oxygen atoms in total. The summed E-state index contributed by atoms with van der Waals surface area (Å²) in [6.07, 6.45) is 0.250. The summed E-state index contributed by atoms with van der Waals surface area (Å²) in [6, 6.07) is 5.06. The van der Waals surface area contributed by atoms with E-state index >= 15 is 4.39 Å². The van der Waals surface area contributed by atoms with Crippen molar-refractivity contribution < 1.29 is 23.5 Å². The molecule has 2 saturated carbocycles. The average Bonchev–Trinajstić information content (AvgIpc) is 3.10. The number of carbonyl (C=O) groups is 2. The molecule has 0 aromatic heterocycles. The van der Waals surface area contributed by atoms with Gasteiger partial charge in [-0.2, -0.15) is 0 Å². The Hall–Kier alpha value is -1.02. The fourth-order valence-corrected chi connectivity index (χ4v) is 5.70. The number of nitrogens with two attached hydrogens (primary N) is 1. The predicted molar refractivity (Wildman–Crippen MR) is 102 cm³/mol. The van der Waals surface area contributed by atoms with Crippen LogP contribution >= 0.6 is 35.0 Å². The van der Waals surface area contributed by atoms with E-state index in [9.17, 15) is 9.59 Å². The first-order chi connectivity index (χ1) is 12.7. The van der Waals surface area contributed by atoms with E-state index in [1.54, 1.807) is 32.0 Å². The van der Waals surface area contributed by atoms with Crippen molar-refractivity contribution in [2.24, 2.45) is 17.6 Å². The second-order valence-corrected chi connectivity index (χ2v) is 8.73. The average molecular weight is 436 g/mol. The van der Waals surface area contributed by atoms with Gasteiger partial charge in [-0.15, -0.1) is 11.8 Å². The minimum Gasteiger partial charge on any atom is -0.465 e. The quantitative estimate of drug-likeness (QED) is 0.687. The molecule has 5 atom stereocenters. The third-order valence-electron chi connectivity index (χ3n) is 5.19. The van der Waals surface area contributed by atoms with Crippen molar-refractivity contribution in [2.45, 2.75) is 41.6 Å². The molecule has 1 aromatic rings. The van der Waals surface area contributed by atoms with Gasteiger partial charge in [0.05, 0.1) is 23.3 Å². The lowest BCUT2D eigenvalue weighted by atomic mass is 9.90. The second-order valence-electron chi connectivity index (χ2n) is 6.64. The third kappa shape index (κ3) is 3.22. The number of hydrogen-bond donors (Lipinski definition) is 1. The second kappa shape index (κ2) is 7.43. The fourth-order valence-electron chi connectivity index (χ4n) is 3.93. The Kier molecular flexibility index (Phi) is 5.70. The van der Waals surface area contributed by atoms with Crippen LogP contribution in [0.4, 0.5) is 4.39 Å². The van der Waals surface area contributed by atoms with E-state index in [0.29, 0.717) is 10.0 Å². The maximum Gasteiger partial charge on any atom is 0.344 e. The molecule has 0 amide bonds. The zero-order valence-electron chi connectivity index (χ0n) is 14.8. The van der Waals surface area contributed by atoms with Crippen LogP contribution in [0.5, 0.6) is 0 Å². The minimum absolute atomic E-state index is 0.0579. The number of esters is 2. The van der Waals surface area contributed by atoms with Crippen LogP contribution in [0.3, 0.4) is 0 Å². The summed E-state index contributed by atoms with van der Waals surface area (Å²) >= 11 is 13.3. The summed E-state index contributed by atoms with van der Waals surface area (Å²) in [5.41, 5.74) is 2.56. The Bertz CT molecular complexity index is 782. The van der Waals surface area contributed by atoms with E-state index in [2.05, 4.69) is 0 Å². The van der Waals surface area contributed by atoms with Gasteiger partial charge in [-0.25, -0.2) is 14.0 Å². The molecule has 1 aromatic carbocycles. The van der Waals surface area contributed by atoms with Crippen LogP contribution in [0.2, 0.25) is 10.0 Å². The first kappa shape index (κ1) is 20.7. The van der Waals surface area contributed by atoms with Crippen molar-refractivity contribution in [3.05, 3.63) is 28.2 Å². The monoisotopic (exact) mass is 435 g/mol. The van der Waals surface area contributed by atoms with Gasteiger partial charge < -0.3 is 15.2 Å². The summed E-state index contributed by atoms with van der Waals surface area (Å²) in [5.74, 6) is -3.31. The fraction of sp³-hybridized carbons (Fsp3) is 0.556. The van der Waals surface area contributed by atoms with Crippen LogP contribution in [0.1, 0.15) is 20.3 Å². The smallest absolute Gasteiger partial charge is 0.344 e. The number of benzene rings is 1. The van der Waals surface area contributed by atoms with E-state index in [1.165, 1.54) is 11.8 Å². The summed E-state index contributed by atoms with van der Waals surface area (Å²) in [4.78, 5) is 25.5. The highest BCUT2D eigenvalue weighted by atomic mass is 35.5. The zero-order valence-corrected chi connectivity index (χ0v) is 17.2. The zero-order chi connectivity index (χ0) is 20.0. The van der Waals surface area contributed by atoms with Crippen molar-refractivity contribution >= 4 is 46.9 Å². The van der Waals surface area contributed by atoms with E-state index in [0.717, 1.165) is 4.90 Å². The normalized spacial score (nSPS) is 34.1. The van der Waals surface area contributed by atoms with Crippen LogP contribution in [0.15, 0.2) is 23.1 Å². The van der Waals surface area contributed by atoms with Crippen LogP contribution in [0.25, 0.3) is 0 Å². The van der Waals surface area contributed by atoms with Crippen LogP contribution in [-0.4, -0.2) is 41.6 Å². The molecule has 2 aliphatic carbocycles. The molecule has 0 bridgehead atoms. The third-order valence-corrected chi connectivity index (χ3v) is 7.32. The molecular formula is C18H20Cl2FNO4S. The van der Waals surface area contributed by atoms with E-state index in [4.69, 9.17) is 38.4 Å².